The summed E-state index contributed by atoms with van der Waals surface area (Å²) >= 11 is 0. The predicted octanol–water partition coefficient (Wildman–Crippen LogP) is 14.6. The van der Waals surface area contributed by atoms with Crippen LogP contribution in [0, 0.1) is 0 Å². The van der Waals surface area contributed by atoms with Crippen LogP contribution in [0.25, 0.3) is 121 Å². The van der Waals surface area contributed by atoms with E-state index in [0.29, 0.717) is 17.1 Å². The van der Waals surface area contributed by atoms with Crippen LogP contribution in [-0.2, 0) is 0 Å². The smallest absolute Gasteiger partial charge is 0.164 e. The van der Waals surface area contributed by atoms with Crippen LogP contribution >= 0.6 is 0 Å². The van der Waals surface area contributed by atoms with E-state index in [1.165, 1.54) is 27.2 Å². The van der Waals surface area contributed by atoms with Crippen molar-refractivity contribution in [2.75, 3.05) is 0 Å². The van der Waals surface area contributed by atoms with Gasteiger partial charge < -0.3 is 9.13 Å². The summed E-state index contributed by atoms with van der Waals surface area (Å²) in [6, 6.07) is 76.3. The molecule has 4 heterocycles. The molecule has 0 atom stereocenters. The van der Waals surface area contributed by atoms with Gasteiger partial charge in [-0.2, -0.15) is 0 Å². The third kappa shape index (κ3) is 5.45. The van der Waals surface area contributed by atoms with Gasteiger partial charge in [0.15, 0.2) is 17.1 Å². The van der Waals surface area contributed by atoms with Gasteiger partial charge in [0.1, 0.15) is 0 Å². The fourth-order valence-corrected chi connectivity index (χ4v) is 9.50. The van der Waals surface area contributed by atoms with E-state index in [-0.39, 0.29) is 0 Å². The molecular formula is C57H35N5. The van der Waals surface area contributed by atoms with Crippen molar-refractivity contribution in [1.82, 2.24) is 24.1 Å². The molecule has 0 N–H and O–H groups in total. The molecule has 5 nitrogen and oxygen atoms in total. The molecule has 9 aromatic carbocycles. The lowest BCUT2D eigenvalue weighted by atomic mass is 10.0. The first-order chi connectivity index (χ1) is 30.7. The summed E-state index contributed by atoms with van der Waals surface area (Å²) in [5.74, 6) is 0.635. The Labute approximate surface area is 355 Å². The summed E-state index contributed by atoms with van der Waals surface area (Å²) in [6.07, 6.45) is 0. The van der Waals surface area contributed by atoms with Crippen molar-refractivity contribution in [3.63, 3.8) is 0 Å². The SMILES string of the molecule is c1ccc(-c2nc3nc(n2)c2ccc4c(c2)c2cc(ccc2n4-c2ccccc2)c2ccc4c(c2)c2cc(ccc2n4-c2ccccc2)c2cccc(c2)c2cccc3c2)cc1. The normalized spacial score (nSPS) is 11.9. The molecule has 0 aliphatic carbocycles. The lowest BCUT2D eigenvalue weighted by molar-refractivity contribution is 1.18. The number of hydrogen-bond acceptors (Lipinski definition) is 3. The van der Waals surface area contributed by atoms with E-state index in [2.05, 4.69) is 203 Å². The van der Waals surface area contributed by atoms with Crippen LogP contribution in [0.1, 0.15) is 0 Å². The Morgan fingerprint density at radius 2 is 0.597 bits per heavy atom. The van der Waals surface area contributed by atoms with Gasteiger partial charge in [-0.15, -0.1) is 0 Å². The Hall–Kier alpha value is -8.41. The maximum atomic E-state index is 5.23. The first-order valence-corrected chi connectivity index (χ1v) is 21.0. The van der Waals surface area contributed by atoms with Crippen LogP contribution in [0.2, 0.25) is 0 Å². The monoisotopic (exact) mass is 789 g/mol. The Balaban J connectivity index is 1.22. The van der Waals surface area contributed by atoms with Crippen LogP contribution in [0.4, 0.5) is 0 Å². The summed E-state index contributed by atoms with van der Waals surface area (Å²) in [5, 5.41) is 13.4. The summed E-state index contributed by atoms with van der Waals surface area (Å²) in [4.78, 5) is 15.5. The van der Waals surface area contributed by atoms with Crippen molar-refractivity contribution in [3.8, 4) is 22.8 Å². The van der Waals surface area contributed by atoms with Gasteiger partial charge >= 0.3 is 0 Å². The summed E-state index contributed by atoms with van der Waals surface area (Å²) < 4.78 is 4.76. The molecule has 5 heteroatoms. The lowest BCUT2D eigenvalue weighted by Crippen LogP contribution is -1.94. The van der Waals surface area contributed by atoms with Crippen LogP contribution in [0.15, 0.2) is 212 Å². The number of aromatic nitrogens is 5. The van der Waals surface area contributed by atoms with E-state index in [4.69, 9.17) is 15.0 Å². The molecule has 0 aliphatic heterocycles. The van der Waals surface area contributed by atoms with E-state index < -0.39 is 0 Å². The predicted molar refractivity (Wildman–Crippen MR) is 259 cm³/mol. The van der Waals surface area contributed by atoms with Crippen molar-refractivity contribution in [3.05, 3.63) is 212 Å². The van der Waals surface area contributed by atoms with Gasteiger partial charge in [0.25, 0.3) is 0 Å². The zero-order valence-electron chi connectivity index (χ0n) is 33.4. The Bertz CT molecular complexity index is 4020. The molecular weight excluding hydrogens is 755 g/mol. The van der Waals surface area contributed by atoms with Crippen LogP contribution in [-0.4, -0.2) is 24.1 Å². The summed E-state index contributed by atoms with van der Waals surface area (Å²) in [5.41, 5.74) is 9.05. The second kappa shape index (κ2) is 13.6. The van der Waals surface area contributed by atoms with Gasteiger partial charge in [-0.05, 0) is 123 Å². The second-order valence-electron chi connectivity index (χ2n) is 16.1. The van der Waals surface area contributed by atoms with Crippen molar-refractivity contribution in [1.29, 1.82) is 0 Å². The Morgan fingerprint density at radius 3 is 1.05 bits per heavy atom. The van der Waals surface area contributed by atoms with Crippen molar-refractivity contribution in [2.45, 2.75) is 0 Å². The topological polar surface area (TPSA) is 48.5 Å². The van der Waals surface area contributed by atoms with E-state index in [1.54, 1.807) is 0 Å². The lowest BCUT2D eigenvalue weighted by Gasteiger charge is -2.08. The molecule has 0 spiro atoms. The molecule has 0 aliphatic rings. The number of nitrogens with zero attached hydrogens (tertiary/aromatic N) is 5. The van der Waals surface area contributed by atoms with Crippen LogP contribution in [0.3, 0.4) is 0 Å². The fraction of sp³-hybridized carbons (Fsp3) is 0. The van der Waals surface area contributed by atoms with Gasteiger partial charge in [-0.3, -0.25) is 0 Å². The molecule has 0 amide bonds. The van der Waals surface area contributed by atoms with Gasteiger partial charge in [-0.1, -0.05) is 121 Å². The highest BCUT2D eigenvalue weighted by Gasteiger charge is 2.16. The number of benzene rings is 9. The number of fused-ring (bicyclic) bond motifs is 15. The maximum Gasteiger partial charge on any atom is 0.164 e. The minimum Gasteiger partial charge on any atom is -0.309 e. The maximum absolute atomic E-state index is 5.23. The highest BCUT2D eigenvalue weighted by atomic mass is 15.0. The molecule has 0 radical (unpaired) electrons. The number of rotatable bonds is 3. The van der Waals surface area contributed by atoms with Gasteiger partial charge in [-0.25, -0.2) is 15.0 Å². The Kier molecular flexibility index (Phi) is 7.54. The van der Waals surface area contributed by atoms with Gasteiger partial charge in [0.2, 0.25) is 0 Å². The van der Waals surface area contributed by atoms with E-state index in [1.807, 2.05) is 18.2 Å². The van der Waals surface area contributed by atoms with Gasteiger partial charge in [0, 0.05) is 49.3 Å². The van der Waals surface area contributed by atoms with Crippen LogP contribution in [0.5, 0.6) is 0 Å². The van der Waals surface area contributed by atoms with Crippen molar-refractivity contribution in [2.24, 2.45) is 0 Å². The van der Waals surface area contributed by atoms with Gasteiger partial charge in [0.05, 0.1) is 22.1 Å². The first-order valence-electron chi connectivity index (χ1n) is 21.0. The zero-order valence-corrected chi connectivity index (χ0v) is 33.4. The molecule has 0 saturated carbocycles. The number of hydrogen-bond donors (Lipinski definition) is 0. The number of para-hydroxylation sites is 2. The second-order valence-corrected chi connectivity index (χ2v) is 16.1. The standard InChI is InChI=1S/C57H35N5/c1-4-12-36(13-5-1)55-58-56-43-17-11-16-39(31-43)37-14-10-15-38(30-37)40-22-26-51-47(32-40)48-33-41(23-27-52(48)61(51)45-18-6-2-7-19-45)42-24-28-53-49(34-42)50-35-44(57(59-55)60-56)25-29-54(50)62(53)46-20-8-3-9-21-46/h1-35H. The molecule has 0 saturated heterocycles. The quantitative estimate of drug-likeness (QED) is 0.179. The fourth-order valence-electron chi connectivity index (χ4n) is 9.50. The summed E-state index contributed by atoms with van der Waals surface area (Å²) in [6.45, 7) is 0. The Morgan fingerprint density at radius 1 is 0.258 bits per heavy atom. The minimum absolute atomic E-state index is 0.627. The van der Waals surface area contributed by atoms with Crippen molar-refractivity contribution < 1.29 is 0 Å². The molecule has 0 unspecified atom stereocenters. The molecule has 13 rings (SSSR count). The highest BCUT2D eigenvalue weighted by molar-refractivity contribution is 6.16. The molecule has 13 aromatic rings. The largest absolute Gasteiger partial charge is 0.309 e. The molecule has 4 aromatic heterocycles. The molecule has 0 fully saturated rings. The molecule has 62 heavy (non-hydrogen) atoms. The molecule has 288 valence electrons. The first kappa shape index (κ1) is 34.5. The van der Waals surface area contributed by atoms with E-state index >= 15 is 0 Å². The van der Waals surface area contributed by atoms with Crippen molar-refractivity contribution >= 4 is 98.0 Å². The zero-order chi connectivity index (χ0) is 40.7. The third-order valence-corrected chi connectivity index (χ3v) is 12.5. The molecule has 14 bridgehead atoms. The van der Waals surface area contributed by atoms with Crippen LogP contribution < -0.4 is 0 Å². The third-order valence-electron chi connectivity index (χ3n) is 12.5. The summed E-state index contributed by atoms with van der Waals surface area (Å²) in [7, 11) is 0. The van der Waals surface area contributed by atoms with E-state index in [9.17, 15) is 0 Å². The average Bonchev–Trinajstić information content (AvgIpc) is 3.86. The average molecular weight is 790 g/mol. The van der Waals surface area contributed by atoms with E-state index in [0.717, 1.165) is 76.4 Å². The highest BCUT2D eigenvalue weighted by Crippen LogP contribution is 2.38. The minimum atomic E-state index is 0.627.